The van der Waals surface area contributed by atoms with Gasteiger partial charge in [0.05, 0.1) is 45.3 Å². The molecule has 8 nitrogen and oxygen atoms in total. The van der Waals surface area contributed by atoms with E-state index < -0.39 is 11.6 Å². The normalized spacial score (nSPS) is 12.9. The lowest BCUT2D eigenvalue weighted by Gasteiger charge is -2.23. The summed E-state index contributed by atoms with van der Waals surface area (Å²) >= 11 is 0. The summed E-state index contributed by atoms with van der Waals surface area (Å²) in [7, 11) is 0. The minimum absolute atomic E-state index is 0.00720. The molecular formula is C14H14N6O2. The highest BCUT2D eigenvalue weighted by atomic mass is 16.1. The highest BCUT2D eigenvalue weighted by Gasteiger charge is 2.35. The minimum atomic E-state index is -0.493. The van der Waals surface area contributed by atoms with Crippen molar-refractivity contribution in [2.75, 3.05) is 34.4 Å². The van der Waals surface area contributed by atoms with Crippen molar-refractivity contribution in [1.29, 1.82) is 0 Å². The maximum absolute atomic E-state index is 12.7. The van der Waals surface area contributed by atoms with Gasteiger partial charge in [-0.05, 0) is 12.1 Å². The number of hydrogen-bond donors (Lipinski definition) is 6. The molecule has 0 aromatic heterocycles. The van der Waals surface area contributed by atoms with Crippen molar-refractivity contribution in [2.24, 2.45) is 0 Å². The molecule has 12 N–H and O–H groups in total. The second-order valence-corrected chi connectivity index (χ2v) is 5.09. The minimum Gasteiger partial charge on any atom is -0.397 e. The van der Waals surface area contributed by atoms with E-state index in [0.29, 0.717) is 0 Å². The molecule has 22 heavy (non-hydrogen) atoms. The third-order valence-electron chi connectivity index (χ3n) is 3.82. The lowest BCUT2D eigenvalue weighted by molar-refractivity contribution is 0.0980. The Labute approximate surface area is 125 Å². The van der Waals surface area contributed by atoms with Crippen LogP contribution in [0.25, 0.3) is 0 Å². The van der Waals surface area contributed by atoms with Crippen molar-refractivity contribution in [3.8, 4) is 0 Å². The van der Waals surface area contributed by atoms with Crippen LogP contribution in [-0.4, -0.2) is 11.6 Å². The van der Waals surface area contributed by atoms with Gasteiger partial charge in [-0.25, -0.2) is 0 Å². The van der Waals surface area contributed by atoms with Gasteiger partial charge in [0.15, 0.2) is 11.6 Å². The van der Waals surface area contributed by atoms with Gasteiger partial charge in [0.1, 0.15) is 0 Å². The van der Waals surface area contributed by atoms with Crippen LogP contribution in [0.3, 0.4) is 0 Å². The van der Waals surface area contributed by atoms with E-state index in [1.165, 1.54) is 12.1 Å². The number of anilines is 6. The zero-order valence-corrected chi connectivity index (χ0v) is 11.4. The molecule has 0 fully saturated rings. The molecule has 1 aliphatic carbocycles. The van der Waals surface area contributed by atoms with Gasteiger partial charge in [-0.1, -0.05) is 0 Å². The first-order valence-electron chi connectivity index (χ1n) is 6.29. The van der Waals surface area contributed by atoms with E-state index in [9.17, 15) is 9.59 Å². The zero-order chi connectivity index (χ0) is 16.3. The van der Waals surface area contributed by atoms with E-state index in [1.54, 1.807) is 0 Å². The number of ketones is 2. The van der Waals surface area contributed by atoms with Crippen LogP contribution in [-0.2, 0) is 0 Å². The van der Waals surface area contributed by atoms with Crippen LogP contribution in [0.1, 0.15) is 31.8 Å². The first kappa shape index (κ1) is 13.6. The third-order valence-corrected chi connectivity index (χ3v) is 3.82. The Hall–Kier alpha value is -3.42. The van der Waals surface area contributed by atoms with E-state index in [2.05, 4.69) is 0 Å². The Bertz CT molecular complexity index is 814. The number of benzene rings is 2. The van der Waals surface area contributed by atoms with Crippen LogP contribution in [0, 0.1) is 0 Å². The predicted molar refractivity (Wildman–Crippen MR) is 86.2 cm³/mol. The summed E-state index contributed by atoms with van der Waals surface area (Å²) in [6.07, 6.45) is 0. The van der Waals surface area contributed by atoms with E-state index >= 15 is 0 Å². The SMILES string of the molecule is Nc1cc2c(c(N)c1N)C(=O)c1cc(N)c(N)c(N)c1C2=O. The summed E-state index contributed by atoms with van der Waals surface area (Å²) in [5, 5.41) is 0. The van der Waals surface area contributed by atoms with Crippen LogP contribution in [0.2, 0.25) is 0 Å². The molecule has 0 radical (unpaired) electrons. The molecule has 3 rings (SSSR count). The third kappa shape index (κ3) is 1.46. The lowest BCUT2D eigenvalue weighted by Crippen LogP contribution is -2.25. The summed E-state index contributed by atoms with van der Waals surface area (Å²) in [5.41, 5.74) is 35.0. The van der Waals surface area contributed by atoms with Crippen molar-refractivity contribution in [2.45, 2.75) is 0 Å². The van der Waals surface area contributed by atoms with Gasteiger partial charge in [-0.3, -0.25) is 9.59 Å². The van der Waals surface area contributed by atoms with E-state index in [0.717, 1.165) is 0 Å². The average molecular weight is 298 g/mol. The Kier molecular flexibility index (Phi) is 2.49. The second kappa shape index (κ2) is 4.04. The van der Waals surface area contributed by atoms with Crippen molar-refractivity contribution in [3.63, 3.8) is 0 Å². The Morgan fingerprint density at radius 3 is 1.18 bits per heavy atom. The molecular weight excluding hydrogens is 284 g/mol. The second-order valence-electron chi connectivity index (χ2n) is 5.09. The fraction of sp³-hybridized carbons (Fsp3) is 0. The van der Waals surface area contributed by atoms with E-state index in [4.69, 9.17) is 34.4 Å². The maximum atomic E-state index is 12.7. The maximum Gasteiger partial charge on any atom is 0.196 e. The molecule has 2 aromatic carbocycles. The largest absolute Gasteiger partial charge is 0.397 e. The molecule has 1 aliphatic rings. The van der Waals surface area contributed by atoms with Gasteiger partial charge < -0.3 is 34.4 Å². The number of rotatable bonds is 0. The van der Waals surface area contributed by atoms with Gasteiger partial charge >= 0.3 is 0 Å². The van der Waals surface area contributed by atoms with Gasteiger partial charge in [0, 0.05) is 11.1 Å². The molecule has 0 heterocycles. The van der Waals surface area contributed by atoms with Crippen molar-refractivity contribution in [3.05, 3.63) is 34.4 Å². The fourth-order valence-corrected chi connectivity index (χ4v) is 2.60. The highest BCUT2D eigenvalue weighted by Crippen LogP contribution is 2.41. The summed E-state index contributed by atoms with van der Waals surface area (Å²) in [6.45, 7) is 0. The number of hydrogen-bond acceptors (Lipinski definition) is 8. The number of carbonyl (C=O) groups is 2. The van der Waals surface area contributed by atoms with Gasteiger partial charge in [0.2, 0.25) is 0 Å². The highest BCUT2D eigenvalue weighted by molar-refractivity contribution is 6.33. The van der Waals surface area contributed by atoms with Crippen molar-refractivity contribution < 1.29 is 9.59 Å². The topological polar surface area (TPSA) is 190 Å². The monoisotopic (exact) mass is 298 g/mol. The fourth-order valence-electron chi connectivity index (χ4n) is 2.60. The zero-order valence-electron chi connectivity index (χ0n) is 11.4. The number of fused-ring (bicyclic) bond motifs is 2. The lowest BCUT2D eigenvalue weighted by atomic mass is 9.81. The van der Waals surface area contributed by atoms with Crippen LogP contribution < -0.4 is 34.4 Å². The number of nitrogen functional groups attached to an aromatic ring is 6. The van der Waals surface area contributed by atoms with Crippen LogP contribution in [0.4, 0.5) is 34.1 Å². The summed E-state index contributed by atoms with van der Waals surface area (Å²) in [6, 6.07) is 2.63. The van der Waals surface area contributed by atoms with Crippen molar-refractivity contribution in [1.82, 2.24) is 0 Å². The summed E-state index contributed by atoms with van der Waals surface area (Å²) in [5.74, 6) is -0.987. The van der Waals surface area contributed by atoms with E-state index in [-0.39, 0.29) is 56.4 Å². The van der Waals surface area contributed by atoms with Gasteiger partial charge in [0.25, 0.3) is 0 Å². The molecule has 0 saturated heterocycles. The molecule has 112 valence electrons. The van der Waals surface area contributed by atoms with Gasteiger partial charge in [-0.2, -0.15) is 0 Å². The Morgan fingerprint density at radius 1 is 0.545 bits per heavy atom. The first-order valence-corrected chi connectivity index (χ1v) is 6.29. The van der Waals surface area contributed by atoms with Gasteiger partial charge in [-0.15, -0.1) is 0 Å². The molecule has 0 saturated carbocycles. The standard InChI is InChI=1S/C14H14N6O2/c15-5-1-3-7(11(19)9(5)17)14(22)4-2-6(16)10(18)12(20)8(4)13(3)21/h1-2H,15-20H2. The van der Waals surface area contributed by atoms with Crippen LogP contribution >= 0.6 is 0 Å². The van der Waals surface area contributed by atoms with E-state index in [1.807, 2.05) is 0 Å². The van der Waals surface area contributed by atoms with Crippen molar-refractivity contribution >= 4 is 45.7 Å². The average Bonchev–Trinajstić information content (AvgIpc) is 2.47. The van der Waals surface area contributed by atoms with Crippen LogP contribution in [0.5, 0.6) is 0 Å². The molecule has 8 heteroatoms. The molecule has 0 bridgehead atoms. The quantitative estimate of drug-likeness (QED) is 0.311. The molecule has 2 aromatic rings. The summed E-state index contributed by atoms with van der Waals surface area (Å²) in [4.78, 5) is 25.3. The molecule has 0 unspecified atom stereocenters. The Balaban J connectivity index is 2.43. The smallest absolute Gasteiger partial charge is 0.196 e. The summed E-state index contributed by atoms with van der Waals surface area (Å²) < 4.78 is 0. The molecule has 0 amide bonds. The molecule has 0 spiro atoms. The number of nitrogens with two attached hydrogens (primary N) is 6. The van der Waals surface area contributed by atoms with Crippen LogP contribution in [0.15, 0.2) is 12.1 Å². The molecule has 0 atom stereocenters. The Morgan fingerprint density at radius 2 is 0.864 bits per heavy atom. The number of carbonyl (C=O) groups excluding carboxylic acids is 2. The molecule has 0 aliphatic heterocycles. The predicted octanol–water partition coefficient (Wildman–Crippen LogP) is -0.0448. The first-order chi connectivity index (χ1) is 10.3.